The molecule has 0 aliphatic carbocycles. The molecule has 0 aromatic rings. The van der Waals surface area contributed by atoms with Gasteiger partial charge in [0, 0.05) is 0 Å². The number of nitrogens with two attached hydrogens (primary N) is 1. The molecule has 0 radical (unpaired) electrons. The summed E-state index contributed by atoms with van der Waals surface area (Å²) < 4.78 is 5.60. The van der Waals surface area contributed by atoms with E-state index in [4.69, 9.17) is 10.5 Å². The van der Waals surface area contributed by atoms with Crippen LogP contribution in [0.25, 0.3) is 0 Å². The molecule has 11 heavy (non-hydrogen) atoms. The van der Waals surface area contributed by atoms with Gasteiger partial charge < -0.3 is 0 Å². The van der Waals surface area contributed by atoms with Gasteiger partial charge in [-0.3, -0.25) is 0 Å². The first-order valence-corrected chi connectivity index (χ1v) is 5.51. The Labute approximate surface area is 74.4 Å². The average molecular weight is 169 g/mol. The molecule has 1 aliphatic heterocycles. The Balaban J connectivity index is 2.63. The van der Waals surface area contributed by atoms with Crippen molar-refractivity contribution in [1.29, 1.82) is 0 Å². The van der Waals surface area contributed by atoms with Crippen LogP contribution in [-0.4, -0.2) is 37.3 Å². The van der Waals surface area contributed by atoms with Crippen molar-refractivity contribution < 1.29 is 4.74 Å². The summed E-state index contributed by atoms with van der Waals surface area (Å²) in [6, 6.07) is 0.193. The van der Waals surface area contributed by atoms with Crippen LogP contribution in [0.4, 0.5) is 0 Å². The van der Waals surface area contributed by atoms with Crippen molar-refractivity contribution in [1.82, 2.24) is 0 Å². The van der Waals surface area contributed by atoms with E-state index >= 15 is 0 Å². The molecule has 0 aromatic carbocycles. The predicted molar refractivity (Wildman–Crippen MR) is 49.0 cm³/mol. The standard InChI is InChI=1S/C7H14NO.CH2.Al/c1-5-3-7(8)6(2)9-4-5;;/h5,7H,3-4,8H2,1-2H3;1H2;/t5-,7+;;/m1../s1. The first-order chi connectivity index (χ1) is 5.08. The molecule has 1 heterocycles. The van der Waals surface area contributed by atoms with Crippen LogP contribution in [0.2, 0.25) is 0 Å². The maximum atomic E-state index is 5.97. The molecular weight excluding hydrogens is 153 g/mol. The van der Waals surface area contributed by atoms with E-state index in [1.807, 2.05) is 0 Å². The zero-order chi connectivity index (χ0) is 8.48. The van der Waals surface area contributed by atoms with Gasteiger partial charge in [0.1, 0.15) is 0 Å². The molecule has 0 unspecified atom stereocenters. The van der Waals surface area contributed by atoms with E-state index in [0.29, 0.717) is 5.92 Å². The summed E-state index contributed by atoms with van der Waals surface area (Å²) in [6.45, 7) is 5.12. The Hall–Kier alpha value is 0.322. The molecule has 62 valence electrons. The first-order valence-electron chi connectivity index (χ1n) is 4.11. The van der Waals surface area contributed by atoms with Crippen LogP contribution >= 0.6 is 0 Å². The number of hydrogen-bond acceptors (Lipinski definition) is 2. The Kier molecular flexibility index (Phi) is 2.88. The second-order valence-electron chi connectivity index (χ2n) is 3.65. The summed E-state index contributed by atoms with van der Waals surface area (Å²) in [4.78, 5) is 0. The molecule has 3 heteroatoms. The fourth-order valence-corrected chi connectivity index (χ4v) is 2.03. The minimum atomic E-state index is -0.0908. The predicted octanol–water partition coefficient (Wildman–Crippen LogP) is 0.223. The van der Waals surface area contributed by atoms with Crippen LogP contribution in [0.1, 0.15) is 20.3 Å². The zero-order valence-electron chi connectivity index (χ0n) is 7.34. The fraction of sp³-hybridized carbons (Fsp3) is 0.875. The van der Waals surface area contributed by atoms with Crippen molar-refractivity contribution in [2.24, 2.45) is 11.7 Å². The summed E-state index contributed by atoms with van der Waals surface area (Å²) in [7, 11) is 0. The molecule has 0 aromatic heterocycles. The van der Waals surface area contributed by atoms with Crippen LogP contribution in [0.3, 0.4) is 0 Å². The molecule has 0 amide bonds. The molecule has 2 nitrogen and oxygen atoms in total. The van der Waals surface area contributed by atoms with E-state index in [1.165, 1.54) is 0 Å². The van der Waals surface area contributed by atoms with E-state index in [9.17, 15) is 0 Å². The monoisotopic (exact) mass is 169 g/mol. The van der Waals surface area contributed by atoms with Crippen molar-refractivity contribution in [3.05, 3.63) is 0 Å². The molecule has 1 rings (SSSR count). The van der Waals surface area contributed by atoms with Gasteiger partial charge in [0.05, 0.1) is 0 Å². The van der Waals surface area contributed by atoms with Crippen LogP contribution in [0, 0.1) is 5.92 Å². The quantitative estimate of drug-likeness (QED) is 0.570. The van der Waals surface area contributed by atoms with Gasteiger partial charge in [-0.2, -0.15) is 0 Å². The van der Waals surface area contributed by atoms with Gasteiger partial charge in [0.2, 0.25) is 0 Å². The summed E-state index contributed by atoms with van der Waals surface area (Å²) in [6.07, 6.45) is 1.08. The third-order valence-corrected chi connectivity index (χ3v) is 3.88. The molecule has 0 bridgehead atoms. The van der Waals surface area contributed by atoms with Gasteiger partial charge in [0.15, 0.2) is 0 Å². The van der Waals surface area contributed by atoms with Crippen LogP contribution < -0.4 is 5.73 Å². The average Bonchev–Trinajstić information content (AvgIpc) is 1.98. The summed E-state index contributed by atoms with van der Waals surface area (Å²) >= 11 is 0.0686. The minimum absolute atomic E-state index is 0.0686. The Morgan fingerprint density at radius 2 is 2.36 bits per heavy atom. The van der Waals surface area contributed by atoms with E-state index in [2.05, 4.69) is 19.2 Å². The second-order valence-corrected chi connectivity index (χ2v) is 5.20. The zero-order valence-corrected chi connectivity index (χ0v) is 8.49. The Bertz CT molecular complexity index is 162. The molecule has 2 N–H and O–H groups in total. The van der Waals surface area contributed by atoms with Gasteiger partial charge in [0.25, 0.3) is 0 Å². The Morgan fingerprint density at radius 1 is 1.73 bits per heavy atom. The van der Waals surface area contributed by atoms with Crippen molar-refractivity contribution in [3.63, 3.8) is 0 Å². The summed E-state index contributed by atoms with van der Waals surface area (Å²) in [5.41, 5.74) is 5.97. The fourth-order valence-electron chi connectivity index (χ4n) is 1.37. The van der Waals surface area contributed by atoms with Crippen molar-refractivity contribution in [3.8, 4) is 0 Å². The van der Waals surface area contributed by atoms with Gasteiger partial charge >= 0.3 is 73.9 Å². The third-order valence-electron chi connectivity index (χ3n) is 2.48. The molecule has 0 saturated carbocycles. The molecular formula is C8H16AlNO. The number of hydrogen-bond donors (Lipinski definition) is 1. The second kappa shape index (κ2) is 3.37. The van der Waals surface area contributed by atoms with E-state index in [1.54, 1.807) is 0 Å². The van der Waals surface area contributed by atoms with Crippen LogP contribution in [-0.2, 0) is 4.74 Å². The summed E-state index contributed by atoms with van der Waals surface area (Å²) in [5.74, 6) is 0.615. The normalized spacial score (nSPS) is 45.0. The van der Waals surface area contributed by atoms with Crippen LogP contribution in [0.5, 0.6) is 0 Å². The van der Waals surface area contributed by atoms with Crippen molar-refractivity contribution in [2.75, 3.05) is 6.61 Å². The van der Waals surface area contributed by atoms with Crippen molar-refractivity contribution >= 4 is 20.2 Å². The molecule has 1 saturated heterocycles. The van der Waals surface area contributed by atoms with E-state index in [-0.39, 0.29) is 25.3 Å². The molecule has 0 spiro atoms. The first kappa shape index (κ1) is 9.41. The number of ether oxygens (including phenoxy) is 1. The maximum absolute atomic E-state index is 5.97. The SMILES string of the molecule is [CH2]=[Al][C@]1(C)OC[C@H](C)C[C@@H]1N. The topological polar surface area (TPSA) is 35.2 Å². The van der Waals surface area contributed by atoms with Gasteiger partial charge in [-0.1, -0.05) is 0 Å². The van der Waals surface area contributed by atoms with E-state index in [0.717, 1.165) is 13.0 Å². The van der Waals surface area contributed by atoms with Gasteiger partial charge in [-0.15, -0.1) is 0 Å². The van der Waals surface area contributed by atoms with Crippen LogP contribution in [0.15, 0.2) is 0 Å². The van der Waals surface area contributed by atoms with Gasteiger partial charge in [-0.05, 0) is 0 Å². The summed E-state index contributed by atoms with van der Waals surface area (Å²) in [5, 5.41) is 3.93. The number of rotatable bonds is 1. The van der Waals surface area contributed by atoms with E-state index < -0.39 is 0 Å². The molecule has 1 fully saturated rings. The molecule has 1 aliphatic rings. The molecule has 3 atom stereocenters. The Morgan fingerprint density at radius 3 is 2.82 bits per heavy atom. The van der Waals surface area contributed by atoms with Gasteiger partial charge in [-0.25, -0.2) is 0 Å². The van der Waals surface area contributed by atoms with Crippen molar-refractivity contribution in [2.45, 2.75) is 30.8 Å². The third kappa shape index (κ3) is 1.91.